The van der Waals surface area contributed by atoms with E-state index in [9.17, 15) is 4.79 Å². The number of ether oxygens (including phenoxy) is 3. The molecule has 0 fully saturated rings. The zero-order valence-electron chi connectivity index (χ0n) is 8.99. The van der Waals surface area contributed by atoms with Gasteiger partial charge in [-0.15, -0.1) is 0 Å². The number of carbonyl (C=O) groups is 1. The quantitative estimate of drug-likeness (QED) is 0.356. The van der Waals surface area contributed by atoms with Crippen LogP contribution in [0.1, 0.15) is 20.8 Å². The van der Waals surface area contributed by atoms with Crippen molar-refractivity contribution in [2.75, 3.05) is 19.8 Å². The Morgan fingerprint density at radius 1 is 1.14 bits per heavy atom. The van der Waals surface area contributed by atoms with Gasteiger partial charge in [0.25, 0.3) is 0 Å². The van der Waals surface area contributed by atoms with Gasteiger partial charge in [-0.1, -0.05) is 0 Å². The number of carbonyl (C=O) groups excluding carboxylic acids is 1. The van der Waals surface area contributed by atoms with Crippen molar-refractivity contribution >= 4 is 5.97 Å². The highest BCUT2D eigenvalue weighted by atomic mass is 16.7. The highest BCUT2D eigenvalue weighted by molar-refractivity contribution is 5.81. The number of hydrogen-bond acceptors (Lipinski definition) is 4. The molecule has 0 saturated carbocycles. The summed E-state index contributed by atoms with van der Waals surface area (Å²) >= 11 is 0. The first kappa shape index (κ1) is 13.1. The SMILES string of the molecule is CCOC(=O)/C=C\C(OCC)OCC. The van der Waals surface area contributed by atoms with Gasteiger partial charge in [0.1, 0.15) is 0 Å². The highest BCUT2D eigenvalue weighted by Gasteiger charge is 2.03. The summed E-state index contributed by atoms with van der Waals surface area (Å²) in [5.74, 6) is -0.378. The van der Waals surface area contributed by atoms with Crippen molar-refractivity contribution in [3.63, 3.8) is 0 Å². The molecule has 0 heterocycles. The Morgan fingerprint density at radius 3 is 2.14 bits per heavy atom. The van der Waals surface area contributed by atoms with Crippen molar-refractivity contribution in [1.29, 1.82) is 0 Å². The van der Waals surface area contributed by atoms with Gasteiger partial charge in [0.2, 0.25) is 0 Å². The van der Waals surface area contributed by atoms with Crippen LogP contribution >= 0.6 is 0 Å². The van der Waals surface area contributed by atoms with Gasteiger partial charge >= 0.3 is 5.97 Å². The molecule has 0 radical (unpaired) electrons. The molecule has 0 aliphatic rings. The van der Waals surface area contributed by atoms with Crippen molar-refractivity contribution in [2.24, 2.45) is 0 Å². The summed E-state index contributed by atoms with van der Waals surface area (Å²) in [7, 11) is 0. The third-order valence-corrected chi connectivity index (χ3v) is 1.34. The second-order valence-corrected chi connectivity index (χ2v) is 2.39. The lowest BCUT2D eigenvalue weighted by molar-refractivity contribution is -0.137. The molecule has 0 atom stereocenters. The van der Waals surface area contributed by atoms with Crippen molar-refractivity contribution in [1.82, 2.24) is 0 Å². The zero-order valence-corrected chi connectivity index (χ0v) is 8.99. The first-order valence-electron chi connectivity index (χ1n) is 4.82. The number of esters is 1. The predicted molar refractivity (Wildman–Crippen MR) is 52.8 cm³/mol. The average Bonchev–Trinajstić information content (AvgIpc) is 2.15. The predicted octanol–water partition coefficient (Wildman–Crippen LogP) is 1.50. The van der Waals surface area contributed by atoms with E-state index in [1.165, 1.54) is 6.08 Å². The van der Waals surface area contributed by atoms with Gasteiger partial charge < -0.3 is 14.2 Å². The van der Waals surface area contributed by atoms with E-state index in [0.29, 0.717) is 19.8 Å². The fourth-order valence-corrected chi connectivity index (χ4v) is 0.835. The highest BCUT2D eigenvalue weighted by Crippen LogP contribution is 1.97. The van der Waals surface area contributed by atoms with Crippen LogP contribution in [0.4, 0.5) is 0 Å². The van der Waals surface area contributed by atoms with Crippen LogP contribution in [0.2, 0.25) is 0 Å². The molecule has 0 unspecified atom stereocenters. The van der Waals surface area contributed by atoms with Crippen LogP contribution in [0.25, 0.3) is 0 Å². The molecule has 0 aromatic rings. The smallest absolute Gasteiger partial charge is 0.330 e. The van der Waals surface area contributed by atoms with Crippen LogP contribution in [0.5, 0.6) is 0 Å². The molecule has 82 valence electrons. The van der Waals surface area contributed by atoms with Crippen molar-refractivity contribution < 1.29 is 19.0 Å². The average molecular weight is 202 g/mol. The Balaban J connectivity index is 3.93. The fraction of sp³-hybridized carbons (Fsp3) is 0.700. The van der Waals surface area contributed by atoms with Gasteiger partial charge in [-0.25, -0.2) is 4.79 Å². The molecule has 0 aromatic heterocycles. The van der Waals surface area contributed by atoms with E-state index in [1.807, 2.05) is 13.8 Å². The summed E-state index contributed by atoms with van der Waals surface area (Å²) in [6, 6.07) is 0. The molecule has 0 aliphatic heterocycles. The second kappa shape index (κ2) is 8.72. The molecule has 4 heteroatoms. The molecule has 0 aromatic carbocycles. The molecule has 0 aliphatic carbocycles. The third-order valence-electron chi connectivity index (χ3n) is 1.34. The van der Waals surface area contributed by atoms with Crippen LogP contribution in [0.3, 0.4) is 0 Å². The minimum atomic E-state index is -0.464. The Morgan fingerprint density at radius 2 is 1.71 bits per heavy atom. The van der Waals surface area contributed by atoms with Crippen molar-refractivity contribution in [3.05, 3.63) is 12.2 Å². The van der Waals surface area contributed by atoms with E-state index < -0.39 is 6.29 Å². The van der Waals surface area contributed by atoms with Crippen LogP contribution in [-0.4, -0.2) is 32.1 Å². The summed E-state index contributed by atoms with van der Waals surface area (Å²) in [4.78, 5) is 10.9. The third kappa shape index (κ3) is 6.62. The van der Waals surface area contributed by atoms with Crippen LogP contribution in [-0.2, 0) is 19.0 Å². The monoisotopic (exact) mass is 202 g/mol. The molecule has 0 spiro atoms. The van der Waals surface area contributed by atoms with E-state index in [4.69, 9.17) is 14.2 Å². The van der Waals surface area contributed by atoms with Crippen LogP contribution in [0.15, 0.2) is 12.2 Å². The summed E-state index contributed by atoms with van der Waals surface area (Å²) in [6.45, 7) is 6.94. The molecule has 0 rings (SSSR count). The molecular weight excluding hydrogens is 184 g/mol. The molecule has 4 nitrogen and oxygen atoms in total. The Labute approximate surface area is 84.8 Å². The largest absolute Gasteiger partial charge is 0.463 e. The van der Waals surface area contributed by atoms with E-state index in [1.54, 1.807) is 13.0 Å². The number of hydrogen-bond donors (Lipinski definition) is 0. The van der Waals surface area contributed by atoms with Gasteiger partial charge in [-0.05, 0) is 26.8 Å². The lowest BCUT2D eigenvalue weighted by Crippen LogP contribution is -2.15. The topological polar surface area (TPSA) is 44.8 Å². The Kier molecular flexibility index (Phi) is 8.17. The lowest BCUT2D eigenvalue weighted by Gasteiger charge is -2.11. The normalized spacial score (nSPS) is 11.1. The van der Waals surface area contributed by atoms with Gasteiger partial charge in [0.15, 0.2) is 6.29 Å². The van der Waals surface area contributed by atoms with Crippen molar-refractivity contribution in [3.8, 4) is 0 Å². The molecule has 0 saturated heterocycles. The fourth-order valence-electron chi connectivity index (χ4n) is 0.835. The van der Waals surface area contributed by atoms with Crippen LogP contribution in [0, 0.1) is 0 Å². The van der Waals surface area contributed by atoms with E-state index in [0.717, 1.165) is 0 Å². The van der Waals surface area contributed by atoms with Gasteiger partial charge in [0, 0.05) is 19.3 Å². The van der Waals surface area contributed by atoms with E-state index >= 15 is 0 Å². The van der Waals surface area contributed by atoms with Crippen molar-refractivity contribution in [2.45, 2.75) is 27.1 Å². The maximum absolute atomic E-state index is 10.9. The van der Waals surface area contributed by atoms with Gasteiger partial charge in [-0.2, -0.15) is 0 Å². The Hall–Kier alpha value is -0.870. The lowest BCUT2D eigenvalue weighted by atomic mass is 10.5. The zero-order chi connectivity index (χ0) is 10.8. The van der Waals surface area contributed by atoms with E-state index in [2.05, 4.69) is 0 Å². The summed E-state index contributed by atoms with van der Waals surface area (Å²) in [5, 5.41) is 0. The molecule has 0 bridgehead atoms. The molecular formula is C10H18O4. The first-order chi connectivity index (χ1) is 6.74. The van der Waals surface area contributed by atoms with E-state index in [-0.39, 0.29) is 5.97 Å². The maximum atomic E-state index is 10.9. The van der Waals surface area contributed by atoms with Crippen LogP contribution < -0.4 is 0 Å². The minimum absolute atomic E-state index is 0.372. The standard InChI is InChI=1S/C10H18O4/c1-4-12-9(11)7-8-10(13-5-2)14-6-3/h7-8,10H,4-6H2,1-3H3/b8-7-. The second-order valence-electron chi connectivity index (χ2n) is 2.39. The summed E-state index contributed by atoms with van der Waals surface area (Å²) in [5.41, 5.74) is 0. The van der Waals surface area contributed by atoms with Gasteiger partial charge in [-0.3, -0.25) is 0 Å². The summed E-state index contributed by atoms with van der Waals surface area (Å²) < 4.78 is 15.1. The molecule has 14 heavy (non-hydrogen) atoms. The van der Waals surface area contributed by atoms with Gasteiger partial charge in [0.05, 0.1) is 6.61 Å². The Bertz CT molecular complexity index is 171. The minimum Gasteiger partial charge on any atom is -0.463 e. The first-order valence-corrected chi connectivity index (χ1v) is 4.82. The molecule has 0 amide bonds. The molecule has 0 N–H and O–H groups in total. The maximum Gasteiger partial charge on any atom is 0.330 e. The summed E-state index contributed by atoms with van der Waals surface area (Å²) in [6.07, 6.45) is 2.40. The number of rotatable bonds is 7.